The maximum absolute atomic E-state index is 12.9. The van der Waals surface area contributed by atoms with Gasteiger partial charge in [-0.05, 0) is 85.8 Å². The van der Waals surface area contributed by atoms with Crippen LogP contribution in [0, 0.1) is 13.8 Å². The summed E-state index contributed by atoms with van der Waals surface area (Å²) in [6.45, 7) is 1.96. The summed E-state index contributed by atoms with van der Waals surface area (Å²) in [4.78, 5) is 1.12. The summed E-state index contributed by atoms with van der Waals surface area (Å²) in [5.74, 6) is -2.10. The number of ether oxygens (including phenoxy) is 1. The number of thiazole rings is 1. The van der Waals surface area contributed by atoms with Gasteiger partial charge in [-0.2, -0.15) is 51.9 Å². The van der Waals surface area contributed by atoms with E-state index < -0.39 is 99.8 Å². The molecule has 0 fully saturated rings. The molecule has 8 rings (SSSR count). The van der Waals surface area contributed by atoms with E-state index in [1.807, 2.05) is 0 Å². The number of azo groups is 3. The Labute approximate surface area is 432 Å². The minimum atomic E-state index is -5.19. The van der Waals surface area contributed by atoms with Crippen molar-refractivity contribution in [2.24, 2.45) is 30.7 Å². The summed E-state index contributed by atoms with van der Waals surface area (Å²) in [6, 6.07) is 15.0. The Morgan fingerprint density at radius 3 is 1.93 bits per heavy atom. The van der Waals surface area contributed by atoms with Crippen molar-refractivity contribution in [1.29, 1.82) is 0 Å². The smallest absolute Gasteiger partial charge is 0.297 e. The van der Waals surface area contributed by atoms with Crippen LogP contribution in [0.5, 0.6) is 17.4 Å². The van der Waals surface area contributed by atoms with E-state index in [0.717, 1.165) is 46.4 Å². The molecule has 76 heavy (non-hydrogen) atoms. The van der Waals surface area contributed by atoms with Crippen LogP contribution in [-0.2, 0) is 57.2 Å². The lowest BCUT2D eigenvalue weighted by Crippen LogP contribution is -2.08. The van der Waals surface area contributed by atoms with E-state index >= 15 is 0 Å². The number of aryl methyl sites for hydroxylation is 2. The summed E-state index contributed by atoms with van der Waals surface area (Å²) in [5, 5.41) is 60.1. The molecule has 0 amide bonds. The maximum atomic E-state index is 12.9. The number of aromatic hydroxyl groups is 2. The third-order valence-corrected chi connectivity index (χ3v) is 16.5. The molecule has 0 spiro atoms. The molecule has 6 aromatic carbocycles. The predicted molar refractivity (Wildman–Crippen MR) is 268 cm³/mol. The predicted octanol–water partition coefficient (Wildman–Crippen LogP) is 8.20. The van der Waals surface area contributed by atoms with Crippen molar-refractivity contribution in [2.75, 3.05) is 12.4 Å². The van der Waals surface area contributed by atoms with Crippen LogP contribution >= 0.6 is 11.3 Å². The summed E-state index contributed by atoms with van der Waals surface area (Å²) in [5.41, 5.74) is -0.589. The molecule has 2 aromatic heterocycles. The van der Waals surface area contributed by atoms with E-state index in [-0.39, 0.29) is 95.4 Å². The Kier molecular flexibility index (Phi) is 14.7. The largest absolute Gasteiger partial charge is 0.505 e. The molecule has 2 heterocycles. The molecule has 8 N–H and O–H groups in total. The normalized spacial score (nSPS) is 13.2. The van der Waals surface area contributed by atoms with Gasteiger partial charge >= 0.3 is 0 Å². The van der Waals surface area contributed by atoms with Crippen LogP contribution in [0.25, 0.3) is 37.4 Å². The van der Waals surface area contributed by atoms with Crippen molar-refractivity contribution in [2.45, 2.75) is 46.5 Å². The fourth-order valence-corrected chi connectivity index (χ4v) is 12.3. The molecule has 34 heteroatoms. The van der Waals surface area contributed by atoms with E-state index in [0.29, 0.717) is 11.6 Å². The van der Waals surface area contributed by atoms with E-state index in [1.54, 1.807) is 6.92 Å². The summed E-state index contributed by atoms with van der Waals surface area (Å²) in [7, 11) is -24.3. The van der Waals surface area contributed by atoms with Crippen LogP contribution in [0.4, 0.5) is 33.6 Å². The molecular weight excluding hydrogens is 1130 g/mol. The Hall–Kier alpha value is -7.35. The number of phenolic OH excluding ortho intramolecular Hbond substituents is 1. The molecule has 0 aliphatic heterocycles. The maximum Gasteiger partial charge on any atom is 0.297 e. The SMILES string of the molecule is Cc1cc(N=Nc2ccc3c(S(=O)(=O)O)c(N=Nc4c(C)nn(-c5ccc6c(S(=O)(=O)O)cc(S(=O)(=O)O)cc6c5)c4O)ccc3c2O)c(OCCCS(=O)(=O)O)cc1N=Nc1nc2ccc(CO)c(S(=O)(=O)O)c2s1. The van der Waals surface area contributed by atoms with Crippen LogP contribution in [0.2, 0.25) is 0 Å². The van der Waals surface area contributed by atoms with Gasteiger partial charge in [-0.15, -0.1) is 30.7 Å². The highest BCUT2D eigenvalue weighted by atomic mass is 32.2. The van der Waals surface area contributed by atoms with Gasteiger partial charge in [0.2, 0.25) is 11.0 Å². The van der Waals surface area contributed by atoms with E-state index in [9.17, 15) is 80.2 Å². The second-order valence-corrected chi connectivity index (χ2v) is 24.2. The van der Waals surface area contributed by atoms with Gasteiger partial charge in [-0.1, -0.05) is 29.5 Å². The number of hydrogen-bond acceptors (Lipinski definition) is 23. The number of rotatable bonds is 17. The third-order valence-electron chi connectivity index (χ3n) is 10.9. The minimum absolute atomic E-state index is 0.00361. The number of aliphatic hydroxyl groups excluding tert-OH is 1. The summed E-state index contributed by atoms with van der Waals surface area (Å²) < 4.78 is 177. The molecule has 0 atom stereocenters. The van der Waals surface area contributed by atoms with Crippen LogP contribution in [0.15, 0.2) is 129 Å². The molecule has 0 saturated heterocycles. The number of nitrogens with zero attached hydrogens (tertiary/aromatic N) is 9. The summed E-state index contributed by atoms with van der Waals surface area (Å²) in [6.07, 6.45) is -0.189. The van der Waals surface area contributed by atoms with Gasteiger partial charge in [0.1, 0.15) is 37.5 Å². The van der Waals surface area contributed by atoms with Gasteiger partial charge < -0.3 is 20.1 Å². The zero-order valence-corrected chi connectivity index (χ0v) is 43.3. The highest BCUT2D eigenvalue weighted by Gasteiger charge is 2.26. The van der Waals surface area contributed by atoms with Crippen molar-refractivity contribution < 1.29 is 84.9 Å². The molecular formula is C42H35N9O19S6. The van der Waals surface area contributed by atoms with Crippen molar-refractivity contribution in [3.05, 3.63) is 95.7 Å². The van der Waals surface area contributed by atoms with Crippen LogP contribution in [-0.4, -0.2) is 107 Å². The molecule has 0 aliphatic carbocycles. The topological polar surface area (TPSA) is 447 Å². The average Bonchev–Trinajstić information content (AvgIpc) is 3.87. The van der Waals surface area contributed by atoms with Crippen LogP contribution in [0.3, 0.4) is 0 Å². The third kappa shape index (κ3) is 11.6. The van der Waals surface area contributed by atoms with Gasteiger partial charge in [0.25, 0.3) is 50.6 Å². The molecule has 0 saturated carbocycles. The number of aliphatic hydroxyl groups is 1. The average molecular weight is 1160 g/mol. The van der Waals surface area contributed by atoms with E-state index in [4.69, 9.17) is 4.74 Å². The molecule has 398 valence electrons. The molecule has 8 aromatic rings. The van der Waals surface area contributed by atoms with E-state index in [2.05, 4.69) is 40.8 Å². The fourth-order valence-electron chi connectivity index (χ4n) is 7.51. The van der Waals surface area contributed by atoms with Crippen molar-refractivity contribution >= 4 is 127 Å². The molecule has 0 radical (unpaired) electrons. The summed E-state index contributed by atoms with van der Waals surface area (Å²) >= 11 is 0.751. The first-order chi connectivity index (χ1) is 35.4. The van der Waals surface area contributed by atoms with Gasteiger partial charge in [-0.3, -0.25) is 22.8 Å². The Balaban J connectivity index is 1.12. The lowest BCUT2D eigenvalue weighted by Gasteiger charge is -2.11. The first kappa shape index (κ1) is 54.9. The van der Waals surface area contributed by atoms with Gasteiger partial charge in [0.15, 0.2) is 11.4 Å². The quantitative estimate of drug-likeness (QED) is 0.0242. The second kappa shape index (κ2) is 20.3. The van der Waals surface area contributed by atoms with Gasteiger partial charge in [0.05, 0.1) is 51.1 Å². The van der Waals surface area contributed by atoms with Crippen LogP contribution < -0.4 is 4.74 Å². The Bertz CT molecular complexity index is 4430. The number of phenols is 1. The Morgan fingerprint density at radius 2 is 1.28 bits per heavy atom. The Morgan fingerprint density at radius 1 is 0.632 bits per heavy atom. The van der Waals surface area contributed by atoms with Gasteiger partial charge in [-0.25, -0.2) is 4.98 Å². The van der Waals surface area contributed by atoms with Crippen LogP contribution in [0.1, 0.15) is 23.2 Å². The first-order valence-electron chi connectivity index (χ1n) is 21.0. The second-order valence-electron chi connectivity index (χ2n) is 16.1. The minimum Gasteiger partial charge on any atom is -0.505 e. The monoisotopic (exact) mass is 1160 g/mol. The highest BCUT2D eigenvalue weighted by molar-refractivity contribution is 7.87. The van der Waals surface area contributed by atoms with Crippen molar-refractivity contribution in [3.8, 4) is 23.1 Å². The van der Waals surface area contributed by atoms with Crippen molar-refractivity contribution in [3.63, 3.8) is 0 Å². The van der Waals surface area contributed by atoms with E-state index in [1.165, 1.54) is 49.4 Å². The zero-order chi connectivity index (χ0) is 55.4. The molecule has 0 unspecified atom stereocenters. The lowest BCUT2D eigenvalue weighted by molar-refractivity contribution is 0.278. The highest BCUT2D eigenvalue weighted by Crippen LogP contribution is 2.44. The number of aromatic nitrogens is 3. The fraction of sp³-hybridized carbons (Fsp3) is 0.143. The standard InChI is InChI=1S/C42H35N9O19S6/c1-20-14-33(34(70-12-3-13-72(55,56)57)18-32(20)46-49-42-43-30-9-4-22(19-52)39(38(30)71-42)75(64,65)66)47-44-29-10-8-28-27(37(29)53)7-11-31(40(28)76(67,68)69)45-48-36-21(2)50-51(41(36)54)24-5-6-26-23(15-24)16-25(73(58,59)60)17-35(26)74(61,62)63/h4-11,14-18,52-54H,3,12-13,19H2,1-2H3,(H,55,56,57)(H,58,59,60)(H,61,62,63)(H,64,65,66)(H,67,68,69). The first-order valence-corrected chi connectivity index (χ1v) is 29.2. The van der Waals surface area contributed by atoms with Gasteiger partial charge in [0, 0.05) is 27.8 Å². The number of fused-ring (bicyclic) bond motifs is 3. The molecule has 28 nitrogen and oxygen atoms in total. The molecule has 0 aliphatic rings. The number of hydrogen-bond donors (Lipinski definition) is 8. The molecule has 0 bridgehead atoms. The number of benzene rings is 6. The zero-order valence-electron chi connectivity index (χ0n) is 38.4. The van der Waals surface area contributed by atoms with Crippen molar-refractivity contribution in [1.82, 2.24) is 14.8 Å². The lowest BCUT2D eigenvalue weighted by atomic mass is 10.1.